The number of ether oxygens (including phenoxy) is 14. The van der Waals surface area contributed by atoms with Gasteiger partial charge in [-0.3, -0.25) is 0 Å². The first-order valence-electron chi connectivity index (χ1n) is 48.1. The van der Waals surface area contributed by atoms with Crippen LogP contribution in [0.2, 0.25) is 0 Å². The van der Waals surface area contributed by atoms with Crippen LogP contribution in [0.15, 0.2) is 212 Å². The lowest BCUT2D eigenvalue weighted by Crippen LogP contribution is -2.30. The summed E-state index contributed by atoms with van der Waals surface area (Å²) < 4.78 is 80.0. The molecule has 0 spiro atoms. The topological polar surface area (TPSA) is 319 Å². The van der Waals surface area contributed by atoms with Crippen molar-refractivity contribution in [3.05, 3.63) is 318 Å². The van der Waals surface area contributed by atoms with Gasteiger partial charge in [-0.15, -0.1) is 0 Å². The first kappa shape index (κ1) is 102. The third-order valence-electron chi connectivity index (χ3n) is 26.3. The number of aliphatic hydroxyl groups excluding tert-OH is 2. The molecule has 2 atom stereocenters. The zero-order valence-corrected chi connectivity index (χ0v) is 79.7. The van der Waals surface area contributed by atoms with Crippen LogP contribution in [0.4, 0.5) is 0 Å². The molecular weight excluding hydrogens is 1750 g/mol. The molecule has 2 unspecified atom stereocenters. The van der Waals surface area contributed by atoms with Gasteiger partial charge in [-0.25, -0.2) is 19.2 Å². The summed E-state index contributed by atoms with van der Waals surface area (Å²) in [6, 6.07) is 71.0. The lowest BCUT2D eigenvalue weighted by molar-refractivity contribution is 0.00435. The fraction of sp³-hybridized carbons (Fsp3) is 0.386. The predicted octanol–water partition coefficient (Wildman–Crippen LogP) is 19.3. The molecule has 3 aliphatic carbocycles. The Morgan fingerprint density at radius 2 is 0.580 bits per heavy atom. The van der Waals surface area contributed by atoms with Crippen LogP contribution in [-0.4, -0.2) is 227 Å². The van der Waals surface area contributed by atoms with Gasteiger partial charge < -0.3 is 97.0 Å². The molecule has 0 radical (unpaired) electrons. The highest BCUT2D eigenvalue weighted by Crippen LogP contribution is 2.61. The first-order valence-corrected chi connectivity index (χ1v) is 48.1. The minimum Gasteiger partial charge on any atom is -0.490 e. The van der Waals surface area contributed by atoms with Crippen molar-refractivity contribution in [3.8, 4) is 67.1 Å². The standard InChI is InChI=1S/C114H128O24/c1-6-8-10-12-18-77-64-78(19-13-11-9-7-2)66-89(65-77)112(3)102-67-79(81-28-36-94-90-20-14-16-22-100(90)113(104(94)69-81,85-30-24-83(96(71-85)108(117)118)75-135-58-56-131-50-48-127-42-40-115)87-32-38-106(98(73-87)110(121)122)137-62-60-133-54-52-129-46-44-125-4)26-34-92(102)93-35-27-80(68-103(93)112)82-29-37-95-91-21-15-17-23-101(91)114(105(95)70-82,86-31-25-84(97(72-86)109(119)120)76-136-59-57-132-51-49-128-43-41-116)88-33-39-107(99(74-88)111(123)124)138-63-61-134-55-53-130-47-45-126-5/h14-17,20-39,64-74,115-116H,6-13,18-19,40-63,75-76H2,1-5H3,(H,117,118)(H,119,120)(H,121,122)(H,123,124). The van der Waals surface area contributed by atoms with Crippen LogP contribution in [0.5, 0.6) is 11.5 Å². The Labute approximate surface area is 808 Å². The number of fused-ring (bicyclic) bond motifs is 9. The van der Waals surface area contributed by atoms with Gasteiger partial charge in [0, 0.05) is 19.6 Å². The largest absolute Gasteiger partial charge is 0.490 e. The highest BCUT2D eigenvalue weighted by molar-refractivity contribution is 5.98. The van der Waals surface area contributed by atoms with E-state index in [-0.39, 0.29) is 166 Å². The molecule has 0 aromatic heterocycles. The summed E-state index contributed by atoms with van der Waals surface area (Å²) in [5.74, 6) is -4.59. The van der Waals surface area contributed by atoms with Gasteiger partial charge in [0.15, 0.2) is 0 Å². The SMILES string of the molecule is CCCCCCc1cc(CCCCCC)cc(C2(C)c3cc(-c4ccc5c(c4)C(c4ccc(COCCOCCOCCO)c(C(=O)O)c4)(c4ccc(OCCOCCOCCOC)c(C(=O)O)c4)c4ccccc4-5)ccc3-c3ccc(-c4ccc5c(c4)C(c4ccc(COCCOCCOCCO)c(C(=O)O)c4)(c4ccc(OCCOCCOCCOC)c(C(=O)O)c4)c4ccccc4-5)cc32)c1. The van der Waals surface area contributed by atoms with Crippen molar-refractivity contribution >= 4 is 23.9 Å². The minimum atomic E-state index is -1.37. The molecule has 0 bridgehead atoms. The van der Waals surface area contributed by atoms with Crippen molar-refractivity contribution in [2.24, 2.45) is 0 Å². The van der Waals surface area contributed by atoms with Gasteiger partial charge in [0.25, 0.3) is 0 Å². The highest BCUT2D eigenvalue weighted by Gasteiger charge is 2.50. The molecule has 0 saturated carbocycles. The second-order valence-corrected chi connectivity index (χ2v) is 34.9. The van der Waals surface area contributed by atoms with Gasteiger partial charge in [0.05, 0.1) is 181 Å². The summed E-state index contributed by atoms with van der Waals surface area (Å²) in [7, 11) is 3.21. The third kappa shape index (κ3) is 23.4. The normalized spacial score (nSPS) is 15.3. The van der Waals surface area contributed by atoms with Crippen LogP contribution < -0.4 is 9.47 Å². The molecule has 24 nitrogen and oxygen atoms in total. The Morgan fingerprint density at radius 1 is 0.275 bits per heavy atom. The number of benzene rings is 11. The summed E-state index contributed by atoms with van der Waals surface area (Å²) in [5.41, 5.74) is 17.4. The Bertz CT molecular complexity index is 5440. The van der Waals surface area contributed by atoms with Gasteiger partial charge in [-0.05, 0) is 232 Å². The molecule has 11 aromatic rings. The van der Waals surface area contributed by atoms with Crippen molar-refractivity contribution < 1.29 is 116 Å². The number of carbonyl (C=O) groups is 4. The smallest absolute Gasteiger partial charge is 0.339 e. The zero-order valence-electron chi connectivity index (χ0n) is 79.7. The van der Waals surface area contributed by atoms with Crippen molar-refractivity contribution in [1.29, 1.82) is 0 Å². The fourth-order valence-corrected chi connectivity index (χ4v) is 19.7. The average Bonchev–Trinajstić information content (AvgIpc) is 1.53. The molecule has 138 heavy (non-hydrogen) atoms. The summed E-state index contributed by atoms with van der Waals surface area (Å²) in [4.78, 5) is 55.7. The number of aryl methyl sites for hydroxylation is 2. The van der Waals surface area contributed by atoms with E-state index in [1.807, 2.05) is 60.7 Å². The van der Waals surface area contributed by atoms with E-state index < -0.39 is 40.1 Å². The summed E-state index contributed by atoms with van der Waals surface area (Å²) in [6.45, 7) is 12.1. The number of carboxylic acid groups (broad SMARTS) is 4. The van der Waals surface area contributed by atoms with E-state index >= 15 is 0 Å². The Balaban J connectivity index is 0.914. The Morgan fingerprint density at radius 3 is 0.928 bits per heavy atom. The quantitative estimate of drug-likeness (QED) is 0.0193. The fourth-order valence-electron chi connectivity index (χ4n) is 19.7. The second-order valence-electron chi connectivity index (χ2n) is 34.9. The molecule has 11 aromatic carbocycles. The third-order valence-corrected chi connectivity index (χ3v) is 26.3. The molecule has 0 aliphatic heterocycles. The van der Waals surface area contributed by atoms with Crippen molar-refractivity contribution in [2.75, 3.05) is 173 Å². The molecule has 0 amide bonds. The van der Waals surface area contributed by atoms with Gasteiger partial charge >= 0.3 is 23.9 Å². The van der Waals surface area contributed by atoms with E-state index in [1.165, 1.54) is 11.1 Å². The van der Waals surface area contributed by atoms with Crippen molar-refractivity contribution in [2.45, 2.75) is 114 Å². The second kappa shape index (κ2) is 50.3. The summed E-state index contributed by atoms with van der Waals surface area (Å²) in [6.07, 6.45) is 10.5. The van der Waals surface area contributed by atoms with E-state index in [4.69, 9.17) is 76.5 Å². The van der Waals surface area contributed by atoms with E-state index in [1.54, 1.807) is 62.8 Å². The maximum Gasteiger partial charge on any atom is 0.339 e. The maximum atomic E-state index is 13.9. The number of aliphatic hydroxyl groups is 2. The van der Waals surface area contributed by atoms with E-state index in [0.717, 1.165) is 159 Å². The summed E-state index contributed by atoms with van der Waals surface area (Å²) in [5, 5.41) is 63.8. The number of hydrogen-bond acceptors (Lipinski definition) is 20. The van der Waals surface area contributed by atoms with Crippen LogP contribution in [0.1, 0.15) is 197 Å². The molecule has 0 heterocycles. The molecule has 3 aliphatic rings. The minimum absolute atomic E-state index is 0.00309. The van der Waals surface area contributed by atoms with Gasteiger partial charge in [0.1, 0.15) is 35.8 Å². The van der Waals surface area contributed by atoms with Gasteiger partial charge in [-0.2, -0.15) is 0 Å². The lowest BCUT2D eigenvalue weighted by atomic mass is 9.66. The monoisotopic (exact) mass is 1880 g/mol. The number of carboxylic acids is 4. The van der Waals surface area contributed by atoms with E-state index in [0.29, 0.717) is 73.0 Å². The number of unbranched alkanes of at least 4 members (excludes halogenated alkanes) is 6. The maximum absolute atomic E-state index is 13.9. The first-order chi connectivity index (χ1) is 67.5. The van der Waals surface area contributed by atoms with Crippen molar-refractivity contribution in [3.63, 3.8) is 0 Å². The Hall–Kier alpha value is -11.7. The number of hydrogen-bond donors (Lipinski definition) is 6. The highest BCUT2D eigenvalue weighted by atomic mass is 16.6. The predicted molar refractivity (Wildman–Crippen MR) is 528 cm³/mol. The Kier molecular flexibility index (Phi) is 37.2. The van der Waals surface area contributed by atoms with E-state index in [9.17, 15) is 39.6 Å². The average molecular weight is 1880 g/mol. The molecule has 0 fully saturated rings. The van der Waals surface area contributed by atoms with Crippen LogP contribution in [0, 0.1) is 0 Å². The number of rotatable bonds is 61. The lowest BCUT2D eigenvalue weighted by Gasteiger charge is -2.35. The molecule has 728 valence electrons. The molecule has 0 saturated heterocycles. The van der Waals surface area contributed by atoms with Crippen LogP contribution in [0.25, 0.3) is 55.6 Å². The molecule has 24 heteroatoms. The van der Waals surface area contributed by atoms with Crippen LogP contribution >= 0.6 is 0 Å². The van der Waals surface area contributed by atoms with Crippen molar-refractivity contribution in [1.82, 2.24) is 0 Å². The van der Waals surface area contributed by atoms with Crippen LogP contribution in [0.3, 0.4) is 0 Å². The van der Waals surface area contributed by atoms with E-state index in [2.05, 4.69) is 124 Å². The molecule has 14 rings (SSSR count). The summed E-state index contributed by atoms with van der Waals surface area (Å²) >= 11 is 0. The number of aromatic carboxylic acids is 4. The van der Waals surface area contributed by atoms with Gasteiger partial charge in [0.2, 0.25) is 0 Å². The van der Waals surface area contributed by atoms with Gasteiger partial charge in [-0.1, -0.05) is 204 Å². The van der Waals surface area contributed by atoms with Crippen LogP contribution in [-0.2, 0) is 99.1 Å². The number of methoxy groups -OCH3 is 2. The molecular formula is C114H128O24. The zero-order chi connectivity index (χ0) is 96.8. The molecule has 6 N–H and O–H groups in total.